The van der Waals surface area contributed by atoms with E-state index in [1.807, 2.05) is 25.7 Å². The third-order valence-electron chi connectivity index (χ3n) is 2.30. The van der Waals surface area contributed by atoms with Gasteiger partial charge in [0.2, 0.25) is 0 Å². The summed E-state index contributed by atoms with van der Waals surface area (Å²) in [4.78, 5) is 13.1. The van der Waals surface area contributed by atoms with Crippen molar-refractivity contribution in [2.75, 3.05) is 0 Å². The first kappa shape index (κ1) is 8.37. The molecule has 0 aromatic heterocycles. The van der Waals surface area contributed by atoms with E-state index in [0.717, 1.165) is 0 Å². The van der Waals surface area contributed by atoms with Crippen LogP contribution in [0.15, 0.2) is 0 Å². The van der Waals surface area contributed by atoms with E-state index in [1.165, 1.54) is 0 Å². The van der Waals surface area contributed by atoms with Crippen LogP contribution in [0, 0.1) is 0 Å². The van der Waals surface area contributed by atoms with Gasteiger partial charge < -0.3 is 10.2 Å². The van der Waals surface area contributed by atoms with Crippen LogP contribution in [-0.4, -0.2) is 29.1 Å². The van der Waals surface area contributed by atoms with Crippen molar-refractivity contribution in [1.29, 1.82) is 0 Å². The summed E-state index contributed by atoms with van der Waals surface area (Å²) in [6.07, 6.45) is 0. The summed E-state index contributed by atoms with van der Waals surface area (Å²) in [5, 5.41) is 2.88. The molecule has 3 heteroatoms. The standard InChI is InChI=1S/C8H16N2O/c1-5(2)10-7(4)6(3)9-8(10)11/h5-7H,1-4H3,(H,9,11). The Hall–Kier alpha value is -0.730. The van der Waals surface area contributed by atoms with Crippen molar-refractivity contribution in [1.82, 2.24) is 10.2 Å². The minimum absolute atomic E-state index is 0.0694. The summed E-state index contributed by atoms with van der Waals surface area (Å²) < 4.78 is 0. The van der Waals surface area contributed by atoms with E-state index < -0.39 is 0 Å². The van der Waals surface area contributed by atoms with Crippen LogP contribution in [0.3, 0.4) is 0 Å². The molecule has 1 fully saturated rings. The summed E-state index contributed by atoms with van der Waals surface area (Å²) in [5.74, 6) is 0. The summed E-state index contributed by atoms with van der Waals surface area (Å²) in [7, 11) is 0. The molecule has 1 aliphatic rings. The predicted octanol–water partition coefficient (Wildman–Crippen LogP) is 1.20. The molecule has 0 aliphatic carbocycles. The van der Waals surface area contributed by atoms with Gasteiger partial charge in [-0.3, -0.25) is 0 Å². The van der Waals surface area contributed by atoms with Crippen molar-refractivity contribution in [2.24, 2.45) is 0 Å². The van der Waals surface area contributed by atoms with Crippen LogP contribution < -0.4 is 5.32 Å². The van der Waals surface area contributed by atoms with Gasteiger partial charge in [-0.25, -0.2) is 4.79 Å². The van der Waals surface area contributed by atoms with Crippen LogP contribution in [0.25, 0.3) is 0 Å². The molecule has 2 amide bonds. The lowest BCUT2D eigenvalue weighted by Gasteiger charge is -2.25. The molecule has 0 bridgehead atoms. The SMILES string of the molecule is CC1NC(=O)N(C(C)C)C1C. The van der Waals surface area contributed by atoms with Gasteiger partial charge in [-0.15, -0.1) is 0 Å². The molecule has 1 N–H and O–H groups in total. The minimum atomic E-state index is 0.0694. The number of carbonyl (C=O) groups excluding carboxylic acids is 1. The second-order valence-electron chi connectivity index (χ2n) is 3.48. The summed E-state index contributed by atoms with van der Waals surface area (Å²) >= 11 is 0. The second-order valence-corrected chi connectivity index (χ2v) is 3.48. The van der Waals surface area contributed by atoms with Crippen LogP contribution in [0.5, 0.6) is 0 Å². The van der Waals surface area contributed by atoms with E-state index in [1.54, 1.807) is 0 Å². The highest BCUT2D eigenvalue weighted by Crippen LogP contribution is 2.15. The molecule has 1 aliphatic heterocycles. The zero-order valence-electron chi connectivity index (χ0n) is 7.59. The van der Waals surface area contributed by atoms with Gasteiger partial charge in [0.1, 0.15) is 0 Å². The molecule has 2 unspecified atom stereocenters. The van der Waals surface area contributed by atoms with E-state index in [-0.39, 0.29) is 12.1 Å². The molecule has 1 saturated heterocycles. The van der Waals surface area contributed by atoms with Crippen molar-refractivity contribution in [3.8, 4) is 0 Å². The van der Waals surface area contributed by atoms with Crippen molar-refractivity contribution >= 4 is 6.03 Å². The first-order valence-electron chi connectivity index (χ1n) is 4.13. The van der Waals surface area contributed by atoms with Crippen LogP contribution in [-0.2, 0) is 0 Å². The van der Waals surface area contributed by atoms with Gasteiger partial charge >= 0.3 is 6.03 Å². The topological polar surface area (TPSA) is 32.3 Å². The smallest absolute Gasteiger partial charge is 0.318 e. The number of carbonyl (C=O) groups is 1. The van der Waals surface area contributed by atoms with Crippen LogP contribution in [0.4, 0.5) is 4.79 Å². The monoisotopic (exact) mass is 156 g/mol. The van der Waals surface area contributed by atoms with E-state index in [4.69, 9.17) is 0 Å². The number of nitrogens with zero attached hydrogens (tertiary/aromatic N) is 1. The highest BCUT2D eigenvalue weighted by Gasteiger charge is 2.34. The molecule has 0 aromatic rings. The molecule has 0 aromatic carbocycles. The van der Waals surface area contributed by atoms with Crippen LogP contribution in [0.2, 0.25) is 0 Å². The fourth-order valence-electron chi connectivity index (χ4n) is 1.52. The van der Waals surface area contributed by atoms with E-state index in [2.05, 4.69) is 12.2 Å². The largest absolute Gasteiger partial charge is 0.333 e. The number of rotatable bonds is 1. The summed E-state index contributed by atoms with van der Waals surface area (Å²) in [6, 6.07) is 0.974. The maximum absolute atomic E-state index is 11.3. The van der Waals surface area contributed by atoms with Crippen LogP contribution in [0.1, 0.15) is 27.7 Å². The highest BCUT2D eigenvalue weighted by molar-refractivity contribution is 5.77. The minimum Gasteiger partial charge on any atom is -0.333 e. The molecule has 0 saturated carbocycles. The van der Waals surface area contributed by atoms with Crippen molar-refractivity contribution < 1.29 is 4.79 Å². The molecule has 0 radical (unpaired) electrons. The average molecular weight is 156 g/mol. The number of hydrogen-bond acceptors (Lipinski definition) is 1. The zero-order chi connectivity index (χ0) is 8.59. The average Bonchev–Trinajstić information content (AvgIpc) is 2.07. The number of urea groups is 1. The molecular weight excluding hydrogens is 140 g/mol. The summed E-state index contributed by atoms with van der Waals surface area (Å²) in [5.41, 5.74) is 0. The third kappa shape index (κ3) is 1.32. The van der Waals surface area contributed by atoms with Gasteiger partial charge in [0.25, 0.3) is 0 Å². The second kappa shape index (κ2) is 2.72. The molecule has 2 atom stereocenters. The van der Waals surface area contributed by atoms with Gasteiger partial charge in [-0.2, -0.15) is 0 Å². The molecule has 3 nitrogen and oxygen atoms in total. The zero-order valence-corrected chi connectivity index (χ0v) is 7.59. The number of nitrogens with one attached hydrogen (secondary N) is 1. The van der Waals surface area contributed by atoms with Gasteiger partial charge in [-0.05, 0) is 27.7 Å². The lowest BCUT2D eigenvalue weighted by Crippen LogP contribution is -2.38. The Kier molecular flexibility index (Phi) is 2.07. The van der Waals surface area contributed by atoms with Crippen LogP contribution >= 0.6 is 0 Å². The Balaban J connectivity index is 2.71. The first-order valence-corrected chi connectivity index (χ1v) is 4.13. The molecule has 1 heterocycles. The maximum Gasteiger partial charge on any atom is 0.318 e. The number of hydrogen-bond donors (Lipinski definition) is 1. The van der Waals surface area contributed by atoms with Crippen molar-refractivity contribution in [2.45, 2.75) is 45.8 Å². The van der Waals surface area contributed by atoms with E-state index >= 15 is 0 Å². The molecule has 0 spiro atoms. The first-order chi connectivity index (χ1) is 5.04. The molecule has 1 rings (SSSR count). The lowest BCUT2D eigenvalue weighted by molar-refractivity contribution is 0.188. The molecular formula is C8H16N2O. The van der Waals surface area contributed by atoms with E-state index in [9.17, 15) is 4.79 Å². The van der Waals surface area contributed by atoms with Gasteiger partial charge in [0.05, 0.1) is 6.04 Å². The fourth-order valence-corrected chi connectivity index (χ4v) is 1.52. The Bertz CT molecular complexity index is 167. The fraction of sp³-hybridized carbons (Fsp3) is 0.875. The van der Waals surface area contributed by atoms with Gasteiger partial charge in [-0.1, -0.05) is 0 Å². The van der Waals surface area contributed by atoms with E-state index in [0.29, 0.717) is 12.1 Å². The van der Waals surface area contributed by atoms with Gasteiger partial charge in [0, 0.05) is 12.1 Å². The molecule has 11 heavy (non-hydrogen) atoms. The lowest BCUT2D eigenvalue weighted by atomic mass is 10.1. The Morgan fingerprint density at radius 3 is 2.18 bits per heavy atom. The molecule has 64 valence electrons. The quantitative estimate of drug-likeness (QED) is 0.608. The van der Waals surface area contributed by atoms with Gasteiger partial charge in [0.15, 0.2) is 0 Å². The van der Waals surface area contributed by atoms with Crippen molar-refractivity contribution in [3.63, 3.8) is 0 Å². The normalized spacial score (nSPS) is 31.4. The van der Waals surface area contributed by atoms with Crippen molar-refractivity contribution in [3.05, 3.63) is 0 Å². The third-order valence-corrected chi connectivity index (χ3v) is 2.30. The Labute approximate surface area is 67.8 Å². The predicted molar refractivity (Wildman–Crippen MR) is 44.4 cm³/mol. The number of amides is 2. The Morgan fingerprint density at radius 1 is 1.45 bits per heavy atom. The Morgan fingerprint density at radius 2 is 2.00 bits per heavy atom. The highest BCUT2D eigenvalue weighted by atomic mass is 16.2. The summed E-state index contributed by atoms with van der Waals surface area (Å²) in [6.45, 7) is 8.18. The maximum atomic E-state index is 11.3.